The van der Waals surface area contributed by atoms with Gasteiger partial charge in [-0.3, -0.25) is 4.68 Å². The maximum atomic E-state index is 12.9. The molecular weight excluding hydrogens is 480 g/mol. The second kappa shape index (κ2) is 9.15. The number of rotatable bonds is 3. The number of phenolic OH excluding ortho intramolecular Hbond substituents is 1. The number of aryl methyl sites for hydroxylation is 1. The van der Waals surface area contributed by atoms with Gasteiger partial charge in [-0.05, 0) is 70.2 Å². The molecule has 0 saturated carbocycles. The van der Waals surface area contributed by atoms with Crippen LogP contribution in [0.5, 0.6) is 5.75 Å². The lowest BCUT2D eigenvalue weighted by molar-refractivity contribution is 0.00587. The van der Waals surface area contributed by atoms with Crippen LogP contribution in [-0.2, 0) is 11.8 Å². The molecular formula is C29H34N6O3. The van der Waals surface area contributed by atoms with E-state index in [-0.39, 0.29) is 30.0 Å². The first-order valence-corrected chi connectivity index (χ1v) is 13.3. The summed E-state index contributed by atoms with van der Waals surface area (Å²) >= 11 is 0. The molecule has 0 radical (unpaired) electrons. The quantitative estimate of drug-likeness (QED) is 0.525. The van der Waals surface area contributed by atoms with Crippen molar-refractivity contribution >= 4 is 18.0 Å². The van der Waals surface area contributed by atoms with Gasteiger partial charge in [-0.15, -0.1) is 10.2 Å². The molecule has 3 aliphatic rings. The normalized spacial score (nSPS) is 22.5. The van der Waals surface area contributed by atoms with Crippen LogP contribution >= 0.6 is 0 Å². The number of phenols is 1. The Morgan fingerprint density at radius 2 is 1.82 bits per heavy atom. The summed E-state index contributed by atoms with van der Waals surface area (Å²) in [7, 11) is 1.87. The van der Waals surface area contributed by atoms with Crippen molar-refractivity contribution in [3.63, 3.8) is 0 Å². The number of amides is 1. The molecule has 3 aromatic rings. The molecule has 3 aliphatic heterocycles. The van der Waals surface area contributed by atoms with Gasteiger partial charge in [-0.25, -0.2) is 4.79 Å². The van der Waals surface area contributed by atoms with Crippen LogP contribution in [-0.4, -0.2) is 66.3 Å². The molecule has 1 unspecified atom stereocenters. The number of hydrogen-bond donors (Lipinski definition) is 1. The van der Waals surface area contributed by atoms with E-state index >= 15 is 0 Å². The highest BCUT2D eigenvalue weighted by atomic mass is 16.6. The van der Waals surface area contributed by atoms with E-state index in [0.717, 1.165) is 54.7 Å². The molecule has 2 aromatic heterocycles. The standard InChI is InChI=1S/C29H34N6O3/c1-29(2,3)38-28(37)35-21-8-9-22(35)15-23(14-21)34-11-5-6-19-12-25(31-32-27(19)34)24-10-7-18(13-26(24)36)20-16-30-33(4)17-20/h5-7,10,12-13,16-17,21-23,36H,8-9,11,14-15H2,1-4H3/t21-,22+,23?. The summed E-state index contributed by atoms with van der Waals surface area (Å²) < 4.78 is 7.44. The number of carbonyl (C=O) groups is 1. The molecule has 2 bridgehead atoms. The van der Waals surface area contributed by atoms with Gasteiger partial charge in [0.15, 0.2) is 5.82 Å². The molecule has 2 saturated heterocycles. The third-order valence-electron chi connectivity index (χ3n) is 7.74. The molecule has 1 N–H and O–H groups in total. The van der Waals surface area contributed by atoms with E-state index in [1.807, 2.05) is 57.1 Å². The first-order valence-electron chi connectivity index (χ1n) is 13.3. The first kappa shape index (κ1) is 24.5. The fourth-order valence-corrected chi connectivity index (χ4v) is 6.09. The number of hydrogen-bond acceptors (Lipinski definition) is 7. The average molecular weight is 515 g/mol. The van der Waals surface area contributed by atoms with Crippen LogP contribution < -0.4 is 4.90 Å². The molecule has 1 aromatic carbocycles. The van der Waals surface area contributed by atoms with Crippen molar-refractivity contribution in [3.05, 3.63) is 48.3 Å². The minimum absolute atomic E-state index is 0.156. The number of ether oxygens (including phenoxy) is 1. The zero-order valence-corrected chi connectivity index (χ0v) is 22.3. The Morgan fingerprint density at radius 3 is 2.47 bits per heavy atom. The first-order chi connectivity index (χ1) is 18.2. The van der Waals surface area contributed by atoms with Crippen molar-refractivity contribution in [1.29, 1.82) is 0 Å². The zero-order chi connectivity index (χ0) is 26.6. The minimum Gasteiger partial charge on any atom is -0.507 e. The molecule has 5 heterocycles. The van der Waals surface area contributed by atoms with Crippen LogP contribution in [0.4, 0.5) is 10.6 Å². The molecule has 0 aliphatic carbocycles. The Bertz CT molecular complexity index is 1390. The maximum absolute atomic E-state index is 12.9. The van der Waals surface area contributed by atoms with Crippen LogP contribution in [0.15, 0.2) is 42.7 Å². The summed E-state index contributed by atoms with van der Waals surface area (Å²) in [6, 6.07) is 8.22. The average Bonchev–Trinajstić information content (AvgIpc) is 3.42. The van der Waals surface area contributed by atoms with E-state index in [0.29, 0.717) is 11.3 Å². The van der Waals surface area contributed by atoms with Crippen LogP contribution in [0.1, 0.15) is 52.0 Å². The molecule has 198 valence electrons. The highest BCUT2D eigenvalue weighted by Crippen LogP contribution is 2.41. The Balaban J connectivity index is 1.22. The third-order valence-corrected chi connectivity index (χ3v) is 7.74. The second-order valence-corrected chi connectivity index (χ2v) is 11.6. The van der Waals surface area contributed by atoms with Gasteiger partial charge in [0, 0.05) is 54.6 Å². The van der Waals surface area contributed by atoms with Crippen LogP contribution in [0.25, 0.3) is 28.5 Å². The monoisotopic (exact) mass is 514 g/mol. The molecule has 2 fully saturated rings. The Kier molecular flexibility index (Phi) is 5.89. The predicted molar refractivity (Wildman–Crippen MR) is 146 cm³/mol. The van der Waals surface area contributed by atoms with E-state index in [1.165, 1.54) is 0 Å². The molecule has 0 spiro atoms. The fourth-order valence-electron chi connectivity index (χ4n) is 6.09. The summed E-state index contributed by atoms with van der Waals surface area (Å²) in [4.78, 5) is 17.2. The van der Waals surface area contributed by atoms with Crippen molar-refractivity contribution in [1.82, 2.24) is 24.9 Å². The minimum atomic E-state index is -0.495. The van der Waals surface area contributed by atoms with Gasteiger partial charge < -0.3 is 19.6 Å². The van der Waals surface area contributed by atoms with Crippen molar-refractivity contribution in [3.8, 4) is 28.1 Å². The number of nitrogens with zero attached hydrogens (tertiary/aromatic N) is 6. The van der Waals surface area contributed by atoms with Gasteiger partial charge in [0.05, 0.1) is 11.9 Å². The molecule has 9 nitrogen and oxygen atoms in total. The maximum Gasteiger partial charge on any atom is 0.410 e. The second-order valence-electron chi connectivity index (χ2n) is 11.6. The number of piperidine rings is 1. The van der Waals surface area contributed by atoms with Crippen molar-refractivity contribution in [2.75, 3.05) is 11.4 Å². The van der Waals surface area contributed by atoms with Gasteiger partial charge in [-0.2, -0.15) is 5.10 Å². The van der Waals surface area contributed by atoms with Gasteiger partial charge in [0.2, 0.25) is 0 Å². The van der Waals surface area contributed by atoms with Crippen LogP contribution in [0.2, 0.25) is 0 Å². The van der Waals surface area contributed by atoms with E-state index in [4.69, 9.17) is 4.74 Å². The number of aromatic hydroxyl groups is 1. The van der Waals surface area contributed by atoms with Crippen molar-refractivity contribution in [2.24, 2.45) is 7.05 Å². The smallest absolute Gasteiger partial charge is 0.410 e. The Labute approximate surface area is 222 Å². The zero-order valence-electron chi connectivity index (χ0n) is 22.3. The van der Waals surface area contributed by atoms with E-state index in [1.54, 1.807) is 16.9 Å². The topological polar surface area (TPSA) is 96.6 Å². The van der Waals surface area contributed by atoms with Crippen LogP contribution in [0, 0.1) is 0 Å². The van der Waals surface area contributed by atoms with Crippen molar-refractivity contribution in [2.45, 2.75) is 70.2 Å². The number of anilines is 1. The van der Waals surface area contributed by atoms with Crippen molar-refractivity contribution < 1.29 is 14.6 Å². The summed E-state index contributed by atoms with van der Waals surface area (Å²) in [5, 5.41) is 24.2. The molecule has 6 rings (SSSR count). The van der Waals surface area contributed by atoms with Crippen LogP contribution in [0.3, 0.4) is 0 Å². The van der Waals surface area contributed by atoms with E-state index in [2.05, 4.69) is 32.3 Å². The van der Waals surface area contributed by atoms with E-state index < -0.39 is 5.60 Å². The highest BCUT2D eigenvalue weighted by molar-refractivity contribution is 5.77. The van der Waals surface area contributed by atoms with Gasteiger partial charge >= 0.3 is 6.09 Å². The molecule has 3 atom stereocenters. The van der Waals surface area contributed by atoms with E-state index in [9.17, 15) is 9.90 Å². The lowest BCUT2D eigenvalue weighted by atomic mass is 9.94. The van der Waals surface area contributed by atoms with Gasteiger partial charge in [-0.1, -0.05) is 18.2 Å². The van der Waals surface area contributed by atoms with Gasteiger partial charge in [0.25, 0.3) is 0 Å². The SMILES string of the molecule is Cn1cc(-c2ccc(-c3cc4c(nn3)N(C3C[C@H]5CC[C@@H](C3)N5C(=O)OC(C)(C)C)CC=C4)c(O)c2)cn1. The Hall–Kier alpha value is -3.88. The summed E-state index contributed by atoms with van der Waals surface area (Å²) in [5.74, 6) is 1.01. The largest absolute Gasteiger partial charge is 0.507 e. The summed E-state index contributed by atoms with van der Waals surface area (Å²) in [5.41, 5.74) is 3.59. The highest BCUT2D eigenvalue weighted by Gasteiger charge is 2.46. The lowest BCUT2D eigenvalue weighted by Gasteiger charge is -2.44. The lowest BCUT2D eigenvalue weighted by Crippen LogP contribution is -2.54. The number of fused-ring (bicyclic) bond motifs is 3. The molecule has 1 amide bonds. The number of carbonyl (C=O) groups excluding carboxylic acids is 1. The Morgan fingerprint density at radius 1 is 1.05 bits per heavy atom. The molecule has 9 heteroatoms. The molecule has 38 heavy (non-hydrogen) atoms. The predicted octanol–water partition coefficient (Wildman–Crippen LogP) is 5.01. The number of aromatic nitrogens is 4. The third kappa shape index (κ3) is 4.50. The number of benzene rings is 1. The summed E-state index contributed by atoms with van der Waals surface area (Å²) in [6.07, 6.45) is 11.5. The van der Waals surface area contributed by atoms with Gasteiger partial charge in [0.1, 0.15) is 11.4 Å². The fraction of sp³-hybridized carbons (Fsp3) is 0.448. The summed E-state index contributed by atoms with van der Waals surface area (Å²) in [6.45, 7) is 6.51.